The second kappa shape index (κ2) is 6.91. The van der Waals surface area contributed by atoms with Crippen LogP contribution in [0.25, 0.3) is 0 Å². The number of hydrogen-bond acceptors (Lipinski definition) is 5. The van der Waals surface area contributed by atoms with Crippen molar-refractivity contribution in [3.8, 4) is 0 Å². The molecule has 0 saturated carbocycles. The van der Waals surface area contributed by atoms with Gasteiger partial charge in [0, 0.05) is 14.5 Å². The van der Waals surface area contributed by atoms with Crippen molar-refractivity contribution < 1.29 is 0 Å². The van der Waals surface area contributed by atoms with Crippen LogP contribution in [-0.4, -0.2) is 27.3 Å². The highest BCUT2D eigenvalue weighted by atomic mass is 127. The van der Waals surface area contributed by atoms with Gasteiger partial charge in [0.05, 0.1) is 6.21 Å². The third-order valence-corrected chi connectivity index (χ3v) is 4.52. The number of nitrogens with zero attached hydrogens (tertiary/aromatic N) is 4. The van der Waals surface area contributed by atoms with E-state index in [9.17, 15) is 4.79 Å². The summed E-state index contributed by atoms with van der Waals surface area (Å²) >= 11 is 3.58. The van der Waals surface area contributed by atoms with Gasteiger partial charge in [-0.25, -0.2) is 0 Å². The molecule has 7 heteroatoms. The van der Waals surface area contributed by atoms with Crippen molar-refractivity contribution in [2.45, 2.75) is 31.3 Å². The number of hydrogen-bond donors (Lipinski definition) is 0. The minimum Gasteiger partial charge on any atom is -0.265 e. The van der Waals surface area contributed by atoms with E-state index in [4.69, 9.17) is 0 Å². The van der Waals surface area contributed by atoms with Crippen LogP contribution in [0.1, 0.15) is 32.0 Å². The molecule has 2 aromatic rings. The van der Waals surface area contributed by atoms with Crippen LogP contribution in [0.3, 0.4) is 0 Å². The van der Waals surface area contributed by atoms with Crippen LogP contribution in [-0.2, 0) is 5.41 Å². The summed E-state index contributed by atoms with van der Waals surface area (Å²) in [5, 5.41) is 13.0. The Bertz CT molecular complexity index is 765. The van der Waals surface area contributed by atoms with E-state index in [1.54, 1.807) is 6.21 Å². The van der Waals surface area contributed by atoms with E-state index in [0.717, 1.165) is 9.13 Å². The zero-order valence-electron chi connectivity index (χ0n) is 12.9. The molecule has 2 rings (SSSR count). The van der Waals surface area contributed by atoms with Crippen LogP contribution in [0.15, 0.2) is 39.3 Å². The monoisotopic (exact) mass is 428 g/mol. The van der Waals surface area contributed by atoms with E-state index in [-0.39, 0.29) is 11.0 Å². The number of benzene rings is 1. The quantitative estimate of drug-likeness (QED) is 0.428. The number of rotatable bonds is 3. The second-order valence-electron chi connectivity index (χ2n) is 5.67. The Morgan fingerprint density at radius 1 is 1.27 bits per heavy atom. The molecular formula is C15H17IN4OS. The van der Waals surface area contributed by atoms with Crippen LogP contribution < -0.4 is 5.56 Å². The molecule has 0 N–H and O–H groups in total. The fourth-order valence-corrected chi connectivity index (χ4v) is 2.72. The highest BCUT2D eigenvalue weighted by Gasteiger charge is 2.23. The van der Waals surface area contributed by atoms with Crippen molar-refractivity contribution in [3.05, 3.63) is 49.4 Å². The Balaban J connectivity index is 2.55. The number of thioether (sulfide) groups is 1. The molecule has 1 aromatic carbocycles. The van der Waals surface area contributed by atoms with Crippen molar-refractivity contribution in [2.75, 3.05) is 6.26 Å². The third-order valence-electron chi connectivity index (χ3n) is 2.92. The minimum atomic E-state index is -0.376. The number of halogens is 1. The van der Waals surface area contributed by atoms with E-state index in [1.807, 2.05) is 51.3 Å². The third kappa shape index (κ3) is 3.75. The van der Waals surface area contributed by atoms with Gasteiger partial charge in [-0.3, -0.25) is 4.79 Å². The summed E-state index contributed by atoms with van der Waals surface area (Å²) < 4.78 is 2.39. The van der Waals surface area contributed by atoms with E-state index in [0.29, 0.717) is 10.9 Å². The molecule has 0 fully saturated rings. The Morgan fingerprint density at radius 2 is 1.95 bits per heavy atom. The normalized spacial score (nSPS) is 12.0. The molecule has 0 unspecified atom stereocenters. The summed E-state index contributed by atoms with van der Waals surface area (Å²) in [5.74, 6) is 0. The summed E-state index contributed by atoms with van der Waals surface area (Å²) in [6.45, 7) is 5.81. The topological polar surface area (TPSA) is 60.1 Å². The van der Waals surface area contributed by atoms with Crippen molar-refractivity contribution >= 4 is 40.6 Å². The Kier molecular flexibility index (Phi) is 5.38. The predicted octanol–water partition coefficient (Wildman–Crippen LogP) is 3.14. The van der Waals surface area contributed by atoms with Crippen LogP contribution in [0.4, 0.5) is 0 Å². The van der Waals surface area contributed by atoms with Crippen molar-refractivity contribution in [2.24, 2.45) is 5.10 Å². The van der Waals surface area contributed by atoms with Crippen LogP contribution in [0, 0.1) is 3.57 Å². The van der Waals surface area contributed by atoms with E-state index in [1.165, 1.54) is 16.4 Å². The molecule has 0 amide bonds. The Labute approximate surface area is 147 Å². The Morgan fingerprint density at radius 3 is 2.55 bits per heavy atom. The summed E-state index contributed by atoms with van der Waals surface area (Å²) in [6.07, 6.45) is 3.52. The molecular weight excluding hydrogens is 411 g/mol. The molecule has 0 aliphatic heterocycles. The summed E-state index contributed by atoms with van der Waals surface area (Å²) in [7, 11) is 0. The molecule has 0 saturated heterocycles. The molecule has 0 aliphatic carbocycles. The second-order valence-corrected chi connectivity index (χ2v) is 7.60. The summed E-state index contributed by atoms with van der Waals surface area (Å²) in [6, 6.07) is 7.84. The SMILES string of the molecule is CSc1nnc(C(C)(C)C)c(=O)n1/N=C\c1ccccc1I. The zero-order valence-corrected chi connectivity index (χ0v) is 15.8. The van der Waals surface area contributed by atoms with E-state index >= 15 is 0 Å². The molecule has 22 heavy (non-hydrogen) atoms. The van der Waals surface area contributed by atoms with Gasteiger partial charge in [0.1, 0.15) is 5.69 Å². The molecule has 0 spiro atoms. The first-order valence-electron chi connectivity index (χ1n) is 6.67. The van der Waals surface area contributed by atoms with Gasteiger partial charge < -0.3 is 0 Å². The largest absolute Gasteiger partial charge is 0.297 e. The molecule has 0 atom stereocenters. The first-order valence-corrected chi connectivity index (χ1v) is 8.98. The lowest BCUT2D eigenvalue weighted by Crippen LogP contribution is -2.32. The average molecular weight is 428 g/mol. The lowest BCUT2D eigenvalue weighted by molar-refractivity contribution is 0.510. The van der Waals surface area contributed by atoms with Crippen LogP contribution in [0.5, 0.6) is 0 Å². The van der Waals surface area contributed by atoms with Gasteiger partial charge in [0.15, 0.2) is 0 Å². The van der Waals surface area contributed by atoms with Crippen molar-refractivity contribution in [1.29, 1.82) is 0 Å². The van der Waals surface area contributed by atoms with Gasteiger partial charge in [0.2, 0.25) is 5.16 Å². The van der Waals surface area contributed by atoms with Gasteiger partial charge in [-0.2, -0.15) is 9.78 Å². The van der Waals surface area contributed by atoms with E-state index < -0.39 is 0 Å². The maximum absolute atomic E-state index is 12.6. The first kappa shape index (κ1) is 17.1. The maximum Gasteiger partial charge on any atom is 0.297 e. The van der Waals surface area contributed by atoms with Gasteiger partial charge >= 0.3 is 0 Å². The summed E-state index contributed by atoms with van der Waals surface area (Å²) in [4.78, 5) is 12.6. The predicted molar refractivity (Wildman–Crippen MR) is 98.9 cm³/mol. The lowest BCUT2D eigenvalue weighted by Gasteiger charge is -2.16. The average Bonchev–Trinajstić information content (AvgIpc) is 2.45. The first-order chi connectivity index (χ1) is 10.3. The highest BCUT2D eigenvalue weighted by Crippen LogP contribution is 2.17. The van der Waals surface area contributed by atoms with Gasteiger partial charge in [-0.1, -0.05) is 50.7 Å². The standard InChI is InChI=1S/C15H17IN4OS/c1-15(2,3)12-13(21)20(14(22-4)19-18-12)17-9-10-7-5-6-8-11(10)16/h5-9H,1-4H3/b17-9-. The van der Waals surface area contributed by atoms with Crippen LogP contribution in [0.2, 0.25) is 0 Å². The van der Waals surface area contributed by atoms with Crippen LogP contribution >= 0.6 is 34.4 Å². The molecule has 0 bridgehead atoms. The van der Waals surface area contributed by atoms with Gasteiger partial charge in [-0.05, 0) is 34.9 Å². The highest BCUT2D eigenvalue weighted by molar-refractivity contribution is 14.1. The molecule has 0 radical (unpaired) electrons. The fourth-order valence-electron chi connectivity index (χ4n) is 1.76. The lowest BCUT2D eigenvalue weighted by atomic mass is 9.93. The fraction of sp³-hybridized carbons (Fsp3) is 0.333. The maximum atomic E-state index is 12.6. The number of aromatic nitrogens is 3. The van der Waals surface area contributed by atoms with Crippen molar-refractivity contribution in [1.82, 2.24) is 14.9 Å². The molecule has 5 nitrogen and oxygen atoms in total. The van der Waals surface area contributed by atoms with Gasteiger partial charge in [-0.15, -0.1) is 10.2 Å². The zero-order chi connectivity index (χ0) is 16.3. The van der Waals surface area contributed by atoms with Gasteiger partial charge in [0.25, 0.3) is 5.56 Å². The van der Waals surface area contributed by atoms with Crippen molar-refractivity contribution in [3.63, 3.8) is 0 Å². The minimum absolute atomic E-state index is 0.228. The molecule has 116 valence electrons. The van der Waals surface area contributed by atoms with E-state index in [2.05, 4.69) is 37.9 Å². The molecule has 0 aliphatic rings. The summed E-state index contributed by atoms with van der Waals surface area (Å²) in [5.41, 5.74) is 0.759. The molecule has 1 aromatic heterocycles. The molecule has 1 heterocycles. The Hall–Kier alpha value is -1.22. The smallest absolute Gasteiger partial charge is 0.265 e.